The Labute approximate surface area is 136 Å². The maximum atomic E-state index is 12.3. The highest BCUT2D eigenvalue weighted by Crippen LogP contribution is 2.28. The van der Waals surface area contributed by atoms with Crippen LogP contribution in [0.25, 0.3) is 0 Å². The number of anilines is 2. The molecular weight excluding hydrogens is 380 g/mol. The smallest absolute Gasteiger partial charge is 0.261 e. The molecule has 0 saturated carbocycles. The molecule has 112 valence electrons. The third kappa shape index (κ3) is 3.81. The monoisotopic (exact) mass is 390 g/mol. The van der Waals surface area contributed by atoms with Crippen LogP contribution < -0.4 is 15.2 Å². The molecule has 0 spiro atoms. The van der Waals surface area contributed by atoms with Crippen molar-refractivity contribution >= 4 is 48.9 Å². The van der Waals surface area contributed by atoms with Gasteiger partial charge in [0.05, 0.1) is 28.4 Å². The SMILES string of the molecule is COc1cc(Br)cc(NS(=O)(=O)c2ccc(Cl)c(N)c2)c1. The Bertz CT molecular complexity index is 781. The number of halogens is 2. The minimum absolute atomic E-state index is 0.0309. The molecule has 0 aromatic heterocycles. The lowest BCUT2D eigenvalue weighted by molar-refractivity contribution is 0.415. The second kappa shape index (κ2) is 6.13. The Morgan fingerprint density at radius 1 is 1.24 bits per heavy atom. The summed E-state index contributed by atoms with van der Waals surface area (Å²) in [5.41, 5.74) is 6.20. The Hall–Kier alpha value is -1.44. The molecule has 0 aliphatic heterocycles. The van der Waals surface area contributed by atoms with E-state index in [1.54, 1.807) is 18.2 Å². The van der Waals surface area contributed by atoms with Crippen molar-refractivity contribution in [2.24, 2.45) is 0 Å². The number of nitrogens with two attached hydrogens (primary N) is 1. The zero-order chi connectivity index (χ0) is 15.6. The van der Waals surface area contributed by atoms with Crippen molar-refractivity contribution in [3.05, 3.63) is 45.9 Å². The van der Waals surface area contributed by atoms with E-state index in [0.717, 1.165) is 0 Å². The van der Waals surface area contributed by atoms with Gasteiger partial charge in [-0.3, -0.25) is 4.72 Å². The fraction of sp³-hybridized carbons (Fsp3) is 0.0769. The van der Waals surface area contributed by atoms with E-state index < -0.39 is 10.0 Å². The highest BCUT2D eigenvalue weighted by atomic mass is 79.9. The number of sulfonamides is 1. The number of methoxy groups -OCH3 is 1. The summed E-state index contributed by atoms with van der Waals surface area (Å²) in [7, 11) is -2.26. The van der Waals surface area contributed by atoms with E-state index in [9.17, 15) is 8.42 Å². The van der Waals surface area contributed by atoms with Crippen LogP contribution in [0.5, 0.6) is 5.75 Å². The van der Waals surface area contributed by atoms with Crippen LogP contribution in [-0.4, -0.2) is 15.5 Å². The lowest BCUT2D eigenvalue weighted by atomic mass is 10.3. The molecule has 8 heteroatoms. The molecule has 0 atom stereocenters. The first-order chi connectivity index (χ1) is 9.81. The molecule has 0 bridgehead atoms. The van der Waals surface area contributed by atoms with Crippen LogP contribution in [0.15, 0.2) is 45.8 Å². The van der Waals surface area contributed by atoms with Crippen LogP contribution in [-0.2, 0) is 10.0 Å². The molecule has 3 N–H and O–H groups in total. The van der Waals surface area contributed by atoms with Gasteiger partial charge in [0.1, 0.15) is 5.75 Å². The molecule has 0 aliphatic rings. The van der Waals surface area contributed by atoms with Gasteiger partial charge in [-0.15, -0.1) is 0 Å². The minimum Gasteiger partial charge on any atom is -0.497 e. The summed E-state index contributed by atoms with van der Waals surface area (Å²) < 4.78 is 32.9. The van der Waals surface area contributed by atoms with E-state index in [2.05, 4.69) is 20.7 Å². The van der Waals surface area contributed by atoms with E-state index >= 15 is 0 Å². The lowest BCUT2D eigenvalue weighted by Gasteiger charge is -2.11. The minimum atomic E-state index is -3.76. The van der Waals surface area contributed by atoms with Crippen LogP contribution in [0.2, 0.25) is 5.02 Å². The molecule has 0 amide bonds. The quantitative estimate of drug-likeness (QED) is 0.782. The van der Waals surface area contributed by atoms with Gasteiger partial charge in [0, 0.05) is 10.5 Å². The second-order valence-corrected chi connectivity index (χ2v) is 7.17. The van der Waals surface area contributed by atoms with Gasteiger partial charge in [-0.25, -0.2) is 8.42 Å². The Morgan fingerprint density at radius 3 is 2.57 bits per heavy atom. The Morgan fingerprint density at radius 2 is 1.95 bits per heavy atom. The summed E-state index contributed by atoms with van der Waals surface area (Å²) in [6, 6.07) is 9.04. The Balaban J connectivity index is 2.37. The van der Waals surface area contributed by atoms with E-state index in [1.807, 2.05) is 0 Å². The van der Waals surface area contributed by atoms with Gasteiger partial charge in [0.15, 0.2) is 0 Å². The third-order valence-corrected chi connectivity index (χ3v) is 4.82. The zero-order valence-electron chi connectivity index (χ0n) is 10.9. The van der Waals surface area contributed by atoms with Crippen molar-refractivity contribution in [3.63, 3.8) is 0 Å². The number of ether oxygens (including phenoxy) is 1. The topological polar surface area (TPSA) is 81.4 Å². The average molecular weight is 392 g/mol. The molecular formula is C13H12BrClN2O3S. The van der Waals surface area contributed by atoms with Crippen molar-refractivity contribution in [2.75, 3.05) is 17.6 Å². The molecule has 0 aliphatic carbocycles. The maximum Gasteiger partial charge on any atom is 0.261 e. The third-order valence-electron chi connectivity index (χ3n) is 2.64. The summed E-state index contributed by atoms with van der Waals surface area (Å²) in [4.78, 5) is 0.0309. The molecule has 0 unspecified atom stereocenters. The van der Waals surface area contributed by atoms with E-state index in [0.29, 0.717) is 20.9 Å². The molecule has 2 aromatic carbocycles. The van der Waals surface area contributed by atoms with Crippen molar-refractivity contribution in [2.45, 2.75) is 4.90 Å². The Kier molecular flexibility index (Phi) is 4.65. The van der Waals surface area contributed by atoms with Gasteiger partial charge in [-0.05, 0) is 30.3 Å². The molecule has 2 aromatic rings. The lowest BCUT2D eigenvalue weighted by Crippen LogP contribution is -2.13. The number of hydrogen-bond acceptors (Lipinski definition) is 4. The number of nitrogens with one attached hydrogen (secondary N) is 1. The summed E-state index contributed by atoms with van der Waals surface area (Å²) in [5.74, 6) is 0.526. The van der Waals surface area contributed by atoms with Gasteiger partial charge in [-0.2, -0.15) is 0 Å². The molecule has 0 radical (unpaired) electrons. The summed E-state index contributed by atoms with van der Waals surface area (Å²) in [6.07, 6.45) is 0. The first-order valence-corrected chi connectivity index (χ1v) is 8.39. The highest BCUT2D eigenvalue weighted by molar-refractivity contribution is 9.10. The van der Waals surface area contributed by atoms with Crippen LogP contribution in [0.3, 0.4) is 0 Å². The molecule has 0 heterocycles. The molecule has 0 fully saturated rings. The predicted octanol–water partition coefficient (Wildman–Crippen LogP) is 3.49. The fourth-order valence-corrected chi connectivity index (χ4v) is 3.31. The van der Waals surface area contributed by atoms with E-state index in [-0.39, 0.29) is 10.6 Å². The van der Waals surface area contributed by atoms with Crippen molar-refractivity contribution in [3.8, 4) is 5.75 Å². The summed E-state index contributed by atoms with van der Waals surface area (Å²) in [5, 5.41) is 0.304. The van der Waals surface area contributed by atoms with E-state index in [4.69, 9.17) is 22.1 Å². The summed E-state index contributed by atoms with van der Waals surface area (Å²) >= 11 is 9.07. The zero-order valence-corrected chi connectivity index (χ0v) is 14.1. The molecule has 2 rings (SSSR count). The predicted molar refractivity (Wildman–Crippen MR) is 87.4 cm³/mol. The number of benzene rings is 2. The van der Waals surface area contributed by atoms with Crippen LogP contribution >= 0.6 is 27.5 Å². The number of rotatable bonds is 4. The van der Waals surface area contributed by atoms with Crippen LogP contribution in [0.4, 0.5) is 11.4 Å². The van der Waals surface area contributed by atoms with Crippen LogP contribution in [0, 0.1) is 0 Å². The molecule has 0 saturated heterocycles. The first kappa shape index (κ1) is 15.9. The summed E-state index contributed by atoms with van der Waals surface area (Å²) in [6.45, 7) is 0. The normalized spacial score (nSPS) is 11.2. The van der Waals surface area contributed by atoms with Crippen molar-refractivity contribution in [1.82, 2.24) is 0 Å². The van der Waals surface area contributed by atoms with Gasteiger partial charge in [-0.1, -0.05) is 27.5 Å². The van der Waals surface area contributed by atoms with Gasteiger partial charge >= 0.3 is 0 Å². The standard InChI is InChI=1S/C13H12BrClN2O3S/c1-20-10-5-8(14)4-9(6-10)17-21(18,19)11-2-3-12(15)13(16)7-11/h2-7,17H,16H2,1H3. The van der Waals surface area contributed by atoms with Crippen LogP contribution in [0.1, 0.15) is 0 Å². The van der Waals surface area contributed by atoms with Crippen molar-refractivity contribution in [1.29, 1.82) is 0 Å². The molecule has 5 nitrogen and oxygen atoms in total. The van der Waals surface area contributed by atoms with Gasteiger partial charge < -0.3 is 10.5 Å². The fourth-order valence-electron chi connectivity index (χ4n) is 1.64. The molecule has 21 heavy (non-hydrogen) atoms. The van der Waals surface area contributed by atoms with Gasteiger partial charge in [0.25, 0.3) is 10.0 Å². The largest absolute Gasteiger partial charge is 0.497 e. The second-order valence-electron chi connectivity index (χ2n) is 4.17. The number of nitrogen functional groups attached to an aromatic ring is 1. The average Bonchev–Trinajstić information content (AvgIpc) is 2.40. The maximum absolute atomic E-state index is 12.3. The number of hydrogen-bond donors (Lipinski definition) is 2. The van der Waals surface area contributed by atoms with Crippen molar-refractivity contribution < 1.29 is 13.2 Å². The van der Waals surface area contributed by atoms with Gasteiger partial charge in [0.2, 0.25) is 0 Å². The van der Waals surface area contributed by atoms with E-state index in [1.165, 1.54) is 25.3 Å². The first-order valence-electron chi connectivity index (χ1n) is 5.74. The highest BCUT2D eigenvalue weighted by Gasteiger charge is 2.16.